The predicted molar refractivity (Wildman–Crippen MR) is 68.1 cm³/mol. The van der Waals surface area contributed by atoms with Crippen molar-refractivity contribution in [1.82, 2.24) is 9.97 Å². The fourth-order valence-electron chi connectivity index (χ4n) is 2.30. The van der Waals surface area contributed by atoms with E-state index < -0.39 is 31.7 Å². The first-order chi connectivity index (χ1) is 9.13. The molecule has 0 amide bonds. The van der Waals surface area contributed by atoms with Crippen LogP contribution >= 0.6 is 7.53 Å². The Kier molecular flexibility index (Phi) is 3.16. The molecule has 0 saturated carbocycles. The van der Waals surface area contributed by atoms with E-state index in [9.17, 15) is 15.0 Å². The molecule has 8 heteroatoms. The third-order valence-electron chi connectivity index (χ3n) is 3.31. The molecule has 1 aliphatic rings. The molecule has 1 fully saturated rings. The number of H-pyrrole nitrogens is 1. The van der Waals surface area contributed by atoms with Gasteiger partial charge in [0.15, 0.2) is 0 Å². The first-order valence-electron chi connectivity index (χ1n) is 5.80. The molecule has 1 saturated heterocycles. The van der Waals surface area contributed by atoms with Gasteiger partial charge in [0.05, 0.1) is 23.6 Å². The van der Waals surface area contributed by atoms with Gasteiger partial charge in [0.25, 0.3) is 5.56 Å². The number of nitrogens with zero attached hydrogens (tertiary/aromatic N) is 1. The summed E-state index contributed by atoms with van der Waals surface area (Å²) in [5.74, 6) is 1.12. The van der Waals surface area contributed by atoms with Gasteiger partial charge in [-0.2, -0.15) is 0 Å². The van der Waals surface area contributed by atoms with E-state index in [1.165, 1.54) is 6.33 Å². The molecule has 102 valence electrons. The van der Waals surface area contributed by atoms with E-state index in [1.807, 2.05) is 0 Å². The van der Waals surface area contributed by atoms with Crippen LogP contribution in [-0.4, -0.2) is 50.2 Å². The second-order valence-corrected chi connectivity index (χ2v) is 6.47. The number of aliphatic hydroxyl groups excluding tert-OH is 3. The van der Waals surface area contributed by atoms with Crippen LogP contribution in [0, 0.1) is 0 Å². The Morgan fingerprint density at radius 1 is 1.42 bits per heavy atom. The van der Waals surface area contributed by atoms with E-state index in [-0.39, 0.29) is 12.2 Å². The smallest absolute Gasteiger partial charge is 0.258 e. The molecule has 0 aliphatic carbocycles. The molecule has 7 nitrogen and oxygen atoms in total. The summed E-state index contributed by atoms with van der Waals surface area (Å²) < 4.78 is 5.49. The average molecular weight is 284 g/mol. The number of nitrogens with one attached hydrogen (secondary N) is 1. The molecule has 0 spiro atoms. The Morgan fingerprint density at radius 3 is 2.89 bits per heavy atom. The molecule has 3 rings (SSSR count). The van der Waals surface area contributed by atoms with Crippen molar-refractivity contribution in [3.63, 3.8) is 0 Å². The molecule has 2 aromatic rings. The lowest BCUT2D eigenvalue weighted by Gasteiger charge is -2.14. The minimum Gasteiger partial charge on any atom is -0.394 e. The van der Waals surface area contributed by atoms with Crippen molar-refractivity contribution in [2.75, 3.05) is 6.61 Å². The third-order valence-corrected chi connectivity index (χ3v) is 5.60. The Hall–Kier alpha value is -1.24. The number of hydrogen-bond acceptors (Lipinski definition) is 6. The van der Waals surface area contributed by atoms with Gasteiger partial charge in [-0.05, 0) is 11.9 Å². The lowest BCUT2D eigenvalue weighted by Crippen LogP contribution is -2.32. The number of aliphatic hydroxyl groups is 3. The van der Waals surface area contributed by atoms with Crippen molar-refractivity contribution < 1.29 is 20.1 Å². The van der Waals surface area contributed by atoms with Crippen LogP contribution in [0.3, 0.4) is 0 Å². The van der Waals surface area contributed by atoms with Gasteiger partial charge in [-0.3, -0.25) is 4.79 Å². The van der Waals surface area contributed by atoms with Crippen LogP contribution in [0.4, 0.5) is 0 Å². The van der Waals surface area contributed by atoms with Gasteiger partial charge in [0, 0.05) is 0 Å². The summed E-state index contributed by atoms with van der Waals surface area (Å²) in [6.07, 6.45) is -1.72. The van der Waals surface area contributed by atoms with E-state index in [0.717, 1.165) is 0 Å². The third kappa shape index (κ3) is 1.91. The van der Waals surface area contributed by atoms with Crippen LogP contribution in [0.1, 0.15) is 5.85 Å². The maximum Gasteiger partial charge on any atom is 0.258 e. The van der Waals surface area contributed by atoms with Crippen molar-refractivity contribution in [3.05, 3.63) is 28.5 Å². The Labute approximate surface area is 108 Å². The van der Waals surface area contributed by atoms with Gasteiger partial charge < -0.3 is 25.0 Å². The lowest BCUT2D eigenvalue weighted by molar-refractivity contribution is -0.0124. The first kappa shape index (κ1) is 12.8. The van der Waals surface area contributed by atoms with E-state index >= 15 is 0 Å². The molecule has 2 aromatic heterocycles. The molecule has 3 heterocycles. The molecular weight excluding hydrogens is 271 g/mol. The summed E-state index contributed by atoms with van der Waals surface area (Å²) >= 11 is 0. The highest BCUT2D eigenvalue weighted by Gasteiger charge is 2.43. The number of rotatable bonds is 2. The van der Waals surface area contributed by atoms with Gasteiger partial charge in [-0.1, -0.05) is 7.53 Å². The van der Waals surface area contributed by atoms with Crippen LogP contribution in [0.2, 0.25) is 0 Å². The fraction of sp³-hybridized carbons (Fsp3) is 0.455. The summed E-state index contributed by atoms with van der Waals surface area (Å²) in [6.45, 7) is -0.364. The SMILES string of the molecule is O=c1[nH]cnc2c1ccp2[C@@H]1O[C@H](CO)[C@@H](O)[C@H]1O. The van der Waals surface area contributed by atoms with E-state index in [2.05, 4.69) is 9.97 Å². The van der Waals surface area contributed by atoms with E-state index in [0.29, 0.717) is 10.6 Å². The summed E-state index contributed by atoms with van der Waals surface area (Å²) in [5.41, 5.74) is -0.238. The van der Waals surface area contributed by atoms with Crippen molar-refractivity contribution in [2.45, 2.75) is 24.2 Å². The maximum atomic E-state index is 11.6. The van der Waals surface area contributed by atoms with Crippen LogP contribution in [-0.2, 0) is 4.74 Å². The summed E-state index contributed by atoms with van der Waals surface area (Å²) in [4.78, 5) is 18.2. The molecule has 1 unspecified atom stereocenters. The highest BCUT2D eigenvalue weighted by Crippen LogP contribution is 2.52. The Balaban J connectivity index is 2.06. The Bertz CT molecular complexity index is 654. The minimum absolute atomic E-state index is 0.238. The maximum absolute atomic E-state index is 11.6. The standard InChI is InChI=1S/C11H13N2O5P/c14-3-6-7(15)8(16)11(18-6)19-2-1-5-9(17)12-4-13-10(5)19/h1-2,4,6-8,11,14-16H,3H2,(H,12,13,17)/t6-,7-,8-,11+,19?/m1/s1. The number of aromatic amines is 1. The second kappa shape index (κ2) is 4.70. The normalized spacial score (nSPS) is 32.1. The van der Waals surface area contributed by atoms with Crippen molar-refractivity contribution in [1.29, 1.82) is 0 Å². The van der Waals surface area contributed by atoms with Gasteiger partial charge in [0.1, 0.15) is 24.2 Å². The quantitative estimate of drug-likeness (QED) is 0.592. The lowest BCUT2D eigenvalue weighted by atomic mass is 10.2. The molecule has 4 N–H and O–H groups in total. The zero-order chi connectivity index (χ0) is 13.6. The predicted octanol–water partition coefficient (Wildman–Crippen LogP) is -0.479. The molecule has 1 aliphatic heterocycles. The first-order valence-corrected chi connectivity index (χ1v) is 7.28. The highest BCUT2D eigenvalue weighted by molar-refractivity contribution is 7.55. The van der Waals surface area contributed by atoms with Crippen molar-refractivity contribution >= 4 is 18.2 Å². The minimum atomic E-state index is -1.13. The molecule has 19 heavy (non-hydrogen) atoms. The van der Waals surface area contributed by atoms with Crippen LogP contribution in [0.25, 0.3) is 10.6 Å². The summed E-state index contributed by atoms with van der Waals surface area (Å²) in [6, 6.07) is 1.65. The zero-order valence-electron chi connectivity index (χ0n) is 9.80. The zero-order valence-corrected chi connectivity index (χ0v) is 10.7. The molecule has 0 radical (unpaired) electrons. The van der Waals surface area contributed by atoms with Crippen LogP contribution in [0.15, 0.2) is 23.0 Å². The van der Waals surface area contributed by atoms with Crippen molar-refractivity contribution in [3.8, 4) is 0 Å². The molecular formula is C11H13N2O5P. The van der Waals surface area contributed by atoms with E-state index in [1.54, 1.807) is 11.9 Å². The topological polar surface area (TPSA) is 116 Å². The summed E-state index contributed by atoms with van der Waals surface area (Å²) in [5, 5.41) is 29.9. The van der Waals surface area contributed by atoms with Crippen LogP contribution < -0.4 is 5.56 Å². The molecule has 0 aromatic carbocycles. The van der Waals surface area contributed by atoms with E-state index in [4.69, 9.17) is 9.84 Å². The monoisotopic (exact) mass is 284 g/mol. The van der Waals surface area contributed by atoms with Gasteiger partial charge in [0.2, 0.25) is 0 Å². The van der Waals surface area contributed by atoms with Gasteiger partial charge in [-0.25, -0.2) is 4.98 Å². The highest BCUT2D eigenvalue weighted by atomic mass is 31.1. The van der Waals surface area contributed by atoms with Crippen LogP contribution in [0.5, 0.6) is 0 Å². The van der Waals surface area contributed by atoms with Gasteiger partial charge >= 0.3 is 0 Å². The molecule has 5 atom stereocenters. The number of aromatic nitrogens is 2. The average Bonchev–Trinajstić information content (AvgIpc) is 2.94. The number of hydrogen-bond donors (Lipinski definition) is 4. The number of fused-ring (bicyclic) bond motifs is 1. The Morgan fingerprint density at radius 2 is 2.21 bits per heavy atom. The molecule has 0 bridgehead atoms. The van der Waals surface area contributed by atoms with Gasteiger partial charge in [-0.15, -0.1) is 0 Å². The second-order valence-electron chi connectivity index (χ2n) is 4.42. The largest absolute Gasteiger partial charge is 0.394 e. The summed E-state index contributed by atoms with van der Waals surface area (Å²) in [7, 11) is -1.13. The fourth-order valence-corrected chi connectivity index (χ4v) is 4.60. The van der Waals surface area contributed by atoms with Crippen molar-refractivity contribution in [2.24, 2.45) is 0 Å². The number of ether oxygens (including phenoxy) is 1.